The number of rotatable bonds is 5. The second kappa shape index (κ2) is 7.20. The lowest BCUT2D eigenvalue weighted by molar-refractivity contribution is 0.0592. The van der Waals surface area contributed by atoms with Crippen LogP contribution in [-0.2, 0) is 14.8 Å². The summed E-state index contributed by atoms with van der Waals surface area (Å²) in [5.41, 5.74) is -0.141. The van der Waals surface area contributed by atoms with Gasteiger partial charge in [-0.1, -0.05) is 29.3 Å². The summed E-state index contributed by atoms with van der Waals surface area (Å²) in [6.07, 6.45) is 1.05. The van der Waals surface area contributed by atoms with E-state index in [1.54, 1.807) is 0 Å². The van der Waals surface area contributed by atoms with E-state index in [4.69, 9.17) is 27.9 Å². The average Bonchev–Trinajstić information content (AvgIpc) is 2.56. The lowest BCUT2D eigenvalue weighted by Crippen LogP contribution is -2.17. The Bertz CT molecular complexity index is 889. The van der Waals surface area contributed by atoms with Gasteiger partial charge in [-0.15, -0.1) is 0 Å². The molecule has 24 heavy (non-hydrogen) atoms. The molecule has 0 bridgehead atoms. The number of nitrogens with zero attached hydrogens (tertiary/aromatic N) is 2. The Hall–Kier alpha value is -2.10. The molecule has 0 aliphatic heterocycles. The predicted octanol–water partition coefficient (Wildman–Crippen LogP) is 2.38. The summed E-state index contributed by atoms with van der Waals surface area (Å²) in [6.45, 7) is 0. The van der Waals surface area contributed by atoms with E-state index in [9.17, 15) is 13.2 Å². The fourth-order valence-corrected chi connectivity index (χ4v) is 3.43. The zero-order chi connectivity index (χ0) is 17.9. The van der Waals surface area contributed by atoms with Crippen LogP contribution in [0.1, 0.15) is 10.5 Å². The lowest BCUT2D eigenvalue weighted by atomic mass is 10.4. The molecule has 1 N–H and O–H groups in total. The first-order valence-corrected chi connectivity index (χ1v) is 8.50. The third-order valence-corrected chi connectivity index (χ3v) is 5.08. The van der Waals surface area contributed by atoms with Crippen molar-refractivity contribution in [1.29, 1.82) is 0 Å². The molecule has 11 heteroatoms. The van der Waals surface area contributed by atoms with Crippen LogP contribution in [-0.4, -0.2) is 38.6 Å². The first-order chi connectivity index (χ1) is 11.3. The van der Waals surface area contributed by atoms with Crippen molar-refractivity contribution in [2.75, 3.05) is 18.9 Å². The van der Waals surface area contributed by atoms with Crippen LogP contribution >= 0.6 is 23.2 Å². The van der Waals surface area contributed by atoms with Gasteiger partial charge in [0.2, 0.25) is 5.82 Å². The van der Waals surface area contributed by atoms with E-state index in [0.717, 1.165) is 6.20 Å². The number of sulfonamides is 1. The molecule has 1 aromatic heterocycles. The van der Waals surface area contributed by atoms with Crippen LogP contribution in [0.4, 0.5) is 5.82 Å². The molecule has 2 aromatic rings. The maximum atomic E-state index is 12.4. The molecule has 1 aromatic carbocycles. The van der Waals surface area contributed by atoms with E-state index >= 15 is 0 Å². The quantitative estimate of drug-likeness (QED) is 0.779. The number of nitrogens with one attached hydrogen (secondary N) is 1. The monoisotopic (exact) mass is 391 g/mol. The minimum absolute atomic E-state index is 0.0821. The Morgan fingerprint density at radius 2 is 1.96 bits per heavy atom. The standard InChI is InChI=1S/C13H11Cl2N3O5S/c1-22-12-11(16-6-8(17-12)13(19)23-2)18-24(20,21)9-5-3-4-7(14)10(9)15/h3-6H,1-2H3,(H,16,18). The minimum Gasteiger partial charge on any atom is -0.478 e. The molecule has 0 atom stereocenters. The van der Waals surface area contributed by atoms with Crippen molar-refractivity contribution in [3.05, 3.63) is 40.1 Å². The molecule has 128 valence electrons. The second-order valence-corrected chi connectivity index (χ2v) is 6.70. The molecule has 0 fully saturated rings. The van der Waals surface area contributed by atoms with Crippen LogP contribution in [0, 0.1) is 0 Å². The molecular weight excluding hydrogens is 381 g/mol. The van der Waals surface area contributed by atoms with Gasteiger partial charge in [0.1, 0.15) is 4.90 Å². The maximum absolute atomic E-state index is 12.4. The van der Waals surface area contributed by atoms with E-state index in [1.165, 1.54) is 32.4 Å². The van der Waals surface area contributed by atoms with E-state index in [0.29, 0.717) is 0 Å². The highest BCUT2D eigenvalue weighted by atomic mass is 35.5. The van der Waals surface area contributed by atoms with Crippen LogP contribution in [0.25, 0.3) is 0 Å². The SMILES string of the molecule is COC(=O)c1cnc(NS(=O)(=O)c2cccc(Cl)c2Cl)c(OC)n1. The van der Waals surface area contributed by atoms with Gasteiger partial charge in [0.25, 0.3) is 15.9 Å². The number of esters is 1. The van der Waals surface area contributed by atoms with Gasteiger partial charge in [0.05, 0.1) is 30.5 Å². The topological polar surface area (TPSA) is 107 Å². The Balaban J connectivity index is 2.43. The van der Waals surface area contributed by atoms with Crippen molar-refractivity contribution in [1.82, 2.24) is 9.97 Å². The van der Waals surface area contributed by atoms with Gasteiger partial charge in [-0.3, -0.25) is 4.72 Å². The molecule has 1 heterocycles. The Morgan fingerprint density at radius 1 is 1.25 bits per heavy atom. The molecule has 0 saturated heterocycles. The number of aromatic nitrogens is 2. The largest absolute Gasteiger partial charge is 0.478 e. The molecular formula is C13H11Cl2N3O5S. The number of carbonyl (C=O) groups excluding carboxylic acids is 1. The Labute approximate surface area is 147 Å². The summed E-state index contributed by atoms with van der Waals surface area (Å²) in [4.78, 5) is 18.9. The van der Waals surface area contributed by atoms with Gasteiger partial charge in [0, 0.05) is 0 Å². The van der Waals surface area contributed by atoms with Crippen molar-refractivity contribution >= 4 is 45.0 Å². The van der Waals surface area contributed by atoms with Crippen LogP contribution in [0.15, 0.2) is 29.3 Å². The van der Waals surface area contributed by atoms with Crippen molar-refractivity contribution in [3.8, 4) is 5.88 Å². The number of methoxy groups -OCH3 is 2. The van der Waals surface area contributed by atoms with Crippen LogP contribution in [0.3, 0.4) is 0 Å². The normalized spacial score (nSPS) is 11.0. The molecule has 0 aliphatic carbocycles. The van der Waals surface area contributed by atoms with Crippen LogP contribution in [0.5, 0.6) is 5.88 Å². The van der Waals surface area contributed by atoms with Gasteiger partial charge < -0.3 is 9.47 Å². The van der Waals surface area contributed by atoms with Crippen molar-refractivity contribution < 1.29 is 22.7 Å². The zero-order valence-electron chi connectivity index (χ0n) is 12.4. The lowest BCUT2D eigenvalue weighted by Gasteiger charge is -2.12. The maximum Gasteiger partial charge on any atom is 0.358 e. The molecule has 0 radical (unpaired) electrons. The third-order valence-electron chi connectivity index (χ3n) is 2.77. The number of ether oxygens (including phenoxy) is 2. The summed E-state index contributed by atoms with van der Waals surface area (Å²) in [5, 5.41) is -0.0524. The van der Waals surface area contributed by atoms with E-state index in [-0.39, 0.29) is 32.3 Å². The van der Waals surface area contributed by atoms with Gasteiger partial charge >= 0.3 is 5.97 Å². The first kappa shape index (κ1) is 18.2. The van der Waals surface area contributed by atoms with E-state index in [1.807, 2.05) is 0 Å². The number of halogens is 2. The highest BCUT2D eigenvalue weighted by Crippen LogP contribution is 2.31. The fourth-order valence-electron chi connectivity index (χ4n) is 1.66. The van der Waals surface area contributed by atoms with E-state index < -0.39 is 16.0 Å². The van der Waals surface area contributed by atoms with Crippen molar-refractivity contribution in [3.63, 3.8) is 0 Å². The summed E-state index contributed by atoms with van der Waals surface area (Å²) in [7, 11) is -1.68. The van der Waals surface area contributed by atoms with Gasteiger partial charge in [0.15, 0.2) is 5.69 Å². The summed E-state index contributed by atoms with van der Waals surface area (Å²) < 4.78 is 36.5. The van der Waals surface area contributed by atoms with Crippen molar-refractivity contribution in [2.45, 2.75) is 4.90 Å². The minimum atomic E-state index is -4.10. The van der Waals surface area contributed by atoms with Crippen molar-refractivity contribution in [2.24, 2.45) is 0 Å². The van der Waals surface area contributed by atoms with Crippen LogP contribution < -0.4 is 9.46 Å². The van der Waals surface area contributed by atoms with Gasteiger partial charge in [-0.05, 0) is 12.1 Å². The number of anilines is 1. The number of benzene rings is 1. The Kier molecular flexibility index (Phi) is 5.47. The van der Waals surface area contributed by atoms with E-state index in [2.05, 4.69) is 19.4 Å². The zero-order valence-corrected chi connectivity index (χ0v) is 14.7. The summed E-state index contributed by atoms with van der Waals surface area (Å²) in [5.74, 6) is -1.17. The fraction of sp³-hybridized carbons (Fsp3) is 0.154. The number of hydrogen-bond acceptors (Lipinski definition) is 7. The summed E-state index contributed by atoms with van der Waals surface area (Å²) in [6, 6.07) is 4.17. The number of hydrogen-bond donors (Lipinski definition) is 1. The second-order valence-electron chi connectivity index (χ2n) is 4.26. The highest BCUT2D eigenvalue weighted by molar-refractivity contribution is 7.92. The summed E-state index contributed by atoms with van der Waals surface area (Å²) >= 11 is 11.7. The van der Waals surface area contributed by atoms with Gasteiger partial charge in [-0.25, -0.2) is 23.2 Å². The molecule has 0 saturated carbocycles. The third kappa shape index (κ3) is 3.69. The molecule has 2 rings (SSSR count). The molecule has 0 aliphatic rings. The van der Waals surface area contributed by atoms with Crippen LogP contribution in [0.2, 0.25) is 10.0 Å². The smallest absolute Gasteiger partial charge is 0.358 e. The first-order valence-electron chi connectivity index (χ1n) is 6.26. The molecule has 0 unspecified atom stereocenters. The molecule has 0 amide bonds. The predicted molar refractivity (Wildman–Crippen MR) is 87.2 cm³/mol. The highest BCUT2D eigenvalue weighted by Gasteiger charge is 2.23. The average molecular weight is 392 g/mol. The molecule has 8 nitrogen and oxygen atoms in total. The Morgan fingerprint density at radius 3 is 2.58 bits per heavy atom. The molecule has 0 spiro atoms. The van der Waals surface area contributed by atoms with Gasteiger partial charge in [-0.2, -0.15) is 0 Å². The number of carbonyl (C=O) groups is 1.